The summed E-state index contributed by atoms with van der Waals surface area (Å²) in [4.78, 5) is 13.1. The van der Waals surface area contributed by atoms with E-state index in [1.165, 1.54) is 35.6 Å². The van der Waals surface area contributed by atoms with E-state index in [4.69, 9.17) is 0 Å². The van der Waals surface area contributed by atoms with Gasteiger partial charge in [0.15, 0.2) is 0 Å². The van der Waals surface area contributed by atoms with E-state index in [9.17, 15) is 21.6 Å². The number of nitrogens with one attached hydrogen (secondary N) is 2. The molecule has 0 radical (unpaired) electrons. The van der Waals surface area contributed by atoms with Gasteiger partial charge < -0.3 is 5.32 Å². The Kier molecular flexibility index (Phi) is 8.33. The molecule has 0 atom stereocenters. The lowest BCUT2D eigenvalue weighted by molar-refractivity contribution is -0.116. The number of carbonyl (C=O) groups is 1. The minimum atomic E-state index is -3.90. The van der Waals surface area contributed by atoms with Gasteiger partial charge in [-0.3, -0.25) is 4.79 Å². The third-order valence-electron chi connectivity index (χ3n) is 5.76. The second kappa shape index (κ2) is 10.6. The standard InChI is InChI=1S/C22H28BrN3O5S2/c1-16-8-11-20(32(28,29)24-2)14-21(16)25-22(27)15-26(18-6-4-3-5-7-18)33(30,31)19-12-9-17(23)10-13-19/h8-14,18,24H,3-7,15H2,1-2H3,(H,25,27). The summed E-state index contributed by atoms with van der Waals surface area (Å²) >= 11 is 3.31. The molecule has 3 rings (SSSR count). The van der Waals surface area contributed by atoms with Crippen molar-refractivity contribution in [2.45, 2.75) is 54.9 Å². The first-order chi connectivity index (χ1) is 15.5. The van der Waals surface area contributed by atoms with Crippen LogP contribution in [0.25, 0.3) is 0 Å². The van der Waals surface area contributed by atoms with E-state index < -0.39 is 26.0 Å². The van der Waals surface area contributed by atoms with Crippen LogP contribution in [0.1, 0.15) is 37.7 Å². The highest BCUT2D eigenvalue weighted by Gasteiger charge is 2.34. The molecule has 0 spiro atoms. The Bertz CT molecular complexity index is 1210. The molecule has 1 saturated carbocycles. The Hall–Kier alpha value is -1.79. The molecule has 1 fully saturated rings. The molecule has 0 heterocycles. The number of hydrogen-bond donors (Lipinski definition) is 2. The normalized spacial score (nSPS) is 15.5. The molecule has 2 aromatic carbocycles. The van der Waals surface area contributed by atoms with E-state index in [1.807, 2.05) is 0 Å². The number of halogens is 1. The van der Waals surface area contributed by atoms with Crippen LogP contribution in [0.3, 0.4) is 0 Å². The van der Waals surface area contributed by atoms with Crippen LogP contribution < -0.4 is 10.0 Å². The van der Waals surface area contributed by atoms with Crippen molar-refractivity contribution in [2.75, 3.05) is 18.9 Å². The van der Waals surface area contributed by atoms with E-state index in [0.29, 0.717) is 24.1 Å². The topological polar surface area (TPSA) is 113 Å². The first-order valence-corrected chi connectivity index (χ1v) is 14.4. The van der Waals surface area contributed by atoms with Crippen LogP contribution in [0.15, 0.2) is 56.7 Å². The van der Waals surface area contributed by atoms with Crippen molar-refractivity contribution >= 4 is 47.6 Å². The molecule has 11 heteroatoms. The SMILES string of the molecule is CNS(=O)(=O)c1ccc(C)c(NC(=O)CN(C2CCCCC2)S(=O)(=O)c2ccc(Br)cc2)c1. The molecule has 1 aliphatic rings. The van der Waals surface area contributed by atoms with Crippen molar-refractivity contribution in [2.24, 2.45) is 0 Å². The molecule has 0 aromatic heterocycles. The number of nitrogens with zero attached hydrogens (tertiary/aromatic N) is 1. The quantitative estimate of drug-likeness (QED) is 0.514. The average molecular weight is 559 g/mol. The summed E-state index contributed by atoms with van der Waals surface area (Å²) in [6.45, 7) is 1.38. The number of sulfonamides is 2. The predicted molar refractivity (Wildman–Crippen MR) is 131 cm³/mol. The van der Waals surface area contributed by atoms with Crippen LogP contribution in [0.4, 0.5) is 5.69 Å². The zero-order valence-corrected chi connectivity index (χ0v) is 21.8. The van der Waals surface area contributed by atoms with Gasteiger partial charge in [-0.1, -0.05) is 41.3 Å². The monoisotopic (exact) mass is 557 g/mol. The number of rotatable bonds is 8. The lowest BCUT2D eigenvalue weighted by atomic mass is 9.95. The first kappa shape index (κ1) is 25.8. The second-order valence-electron chi connectivity index (χ2n) is 8.03. The third-order valence-corrected chi connectivity index (χ3v) is 9.62. The van der Waals surface area contributed by atoms with Gasteiger partial charge in [0.05, 0.1) is 16.3 Å². The molecule has 0 saturated heterocycles. The summed E-state index contributed by atoms with van der Waals surface area (Å²) in [6.07, 6.45) is 4.24. The van der Waals surface area contributed by atoms with Crippen LogP contribution in [-0.2, 0) is 24.8 Å². The molecule has 8 nitrogen and oxygen atoms in total. The molecule has 2 aromatic rings. The van der Waals surface area contributed by atoms with Crippen molar-refractivity contribution in [1.29, 1.82) is 0 Å². The van der Waals surface area contributed by atoms with Crippen molar-refractivity contribution in [3.63, 3.8) is 0 Å². The van der Waals surface area contributed by atoms with Crippen LogP contribution >= 0.6 is 15.9 Å². The Labute approximate surface area is 204 Å². The second-order valence-corrected chi connectivity index (χ2v) is 12.7. The Morgan fingerprint density at radius 3 is 2.21 bits per heavy atom. The van der Waals surface area contributed by atoms with Gasteiger partial charge in [0.1, 0.15) is 0 Å². The third kappa shape index (κ3) is 6.21. The zero-order chi connectivity index (χ0) is 24.2. The van der Waals surface area contributed by atoms with E-state index in [2.05, 4.69) is 26.0 Å². The van der Waals surface area contributed by atoms with Gasteiger partial charge >= 0.3 is 0 Å². The smallest absolute Gasteiger partial charge is 0.243 e. The molecular weight excluding hydrogens is 530 g/mol. The fraction of sp³-hybridized carbons (Fsp3) is 0.409. The maximum Gasteiger partial charge on any atom is 0.243 e. The molecule has 0 aliphatic heterocycles. The van der Waals surface area contributed by atoms with Gasteiger partial charge in [0, 0.05) is 16.2 Å². The van der Waals surface area contributed by atoms with Crippen molar-refractivity contribution < 1.29 is 21.6 Å². The molecule has 1 aliphatic carbocycles. The fourth-order valence-corrected chi connectivity index (χ4v) is 6.53. The van der Waals surface area contributed by atoms with E-state index in [-0.39, 0.29) is 22.4 Å². The predicted octanol–water partition coefficient (Wildman–Crippen LogP) is 3.63. The first-order valence-electron chi connectivity index (χ1n) is 10.7. The van der Waals surface area contributed by atoms with Gasteiger partial charge in [-0.15, -0.1) is 0 Å². The van der Waals surface area contributed by atoms with Gasteiger partial charge in [-0.05, 0) is 68.8 Å². The maximum absolute atomic E-state index is 13.5. The zero-order valence-electron chi connectivity index (χ0n) is 18.5. The molecule has 2 N–H and O–H groups in total. The minimum absolute atomic E-state index is 0.0116. The molecule has 180 valence electrons. The Morgan fingerprint density at radius 2 is 1.61 bits per heavy atom. The highest BCUT2D eigenvalue weighted by Crippen LogP contribution is 2.29. The number of aryl methyl sites for hydroxylation is 1. The summed E-state index contributed by atoms with van der Waals surface area (Å²) in [5.41, 5.74) is 0.986. The Morgan fingerprint density at radius 1 is 1.00 bits per heavy atom. The van der Waals surface area contributed by atoms with E-state index in [1.54, 1.807) is 25.1 Å². The average Bonchev–Trinajstić information content (AvgIpc) is 2.79. The van der Waals surface area contributed by atoms with E-state index >= 15 is 0 Å². The minimum Gasteiger partial charge on any atom is -0.325 e. The van der Waals surface area contributed by atoms with E-state index in [0.717, 1.165) is 23.7 Å². The summed E-state index contributed by atoms with van der Waals surface area (Å²) in [5, 5.41) is 2.70. The summed E-state index contributed by atoms with van der Waals surface area (Å²) in [5.74, 6) is -0.525. The largest absolute Gasteiger partial charge is 0.325 e. The van der Waals surface area contributed by atoms with Gasteiger partial charge in [0.25, 0.3) is 0 Å². The number of hydrogen-bond acceptors (Lipinski definition) is 5. The molecule has 33 heavy (non-hydrogen) atoms. The lowest BCUT2D eigenvalue weighted by Crippen LogP contribution is -2.45. The summed E-state index contributed by atoms with van der Waals surface area (Å²) < 4.78 is 55.5. The van der Waals surface area contributed by atoms with Crippen molar-refractivity contribution in [3.05, 3.63) is 52.5 Å². The maximum atomic E-state index is 13.5. The van der Waals surface area contributed by atoms with Gasteiger partial charge in [0.2, 0.25) is 26.0 Å². The van der Waals surface area contributed by atoms with Crippen molar-refractivity contribution in [1.82, 2.24) is 9.03 Å². The number of amides is 1. The van der Waals surface area contributed by atoms with Gasteiger partial charge in [-0.2, -0.15) is 4.31 Å². The Balaban J connectivity index is 1.88. The summed E-state index contributed by atoms with van der Waals surface area (Å²) in [7, 11) is -6.28. The molecular formula is C22H28BrN3O5S2. The molecule has 0 bridgehead atoms. The van der Waals surface area contributed by atoms with Gasteiger partial charge in [-0.25, -0.2) is 21.6 Å². The van der Waals surface area contributed by atoms with Crippen LogP contribution in [0.2, 0.25) is 0 Å². The highest BCUT2D eigenvalue weighted by atomic mass is 79.9. The highest BCUT2D eigenvalue weighted by molar-refractivity contribution is 9.10. The molecule has 0 unspecified atom stereocenters. The summed E-state index contributed by atoms with van der Waals surface area (Å²) in [6, 6.07) is 10.5. The number of anilines is 1. The number of benzene rings is 2. The van der Waals surface area contributed by atoms with Crippen molar-refractivity contribution in [3.8, 4) is 0 Å². The van der Waals surface area contributed by atoms with Crippen LogP contribution in [-0.4, -0.2) is 46.7 Å². The lowest BCUT2D eigenvalue weighted by Gasteiger charge is -2.33. The van der Waals surface area contributed by atoms with Crippen LogP contribution in [0.5, 0.6) is 0 Å². The van der Waals surface area contributed by atoms with Crippen LogP contribution in [0, 0.1) is 6.92 Å². The fourth-order valence-electron chi connectivity index (χ4n) is 3.87. The molecule has 1 amide bonds. The number of carbonyl (C=O) groups excluding carboxylic acids is 1.